The van der Waals surface area contributed by atoms with Crippen LogP contribution in [0.15, 0.2) is 53.4 Å². The molecule has 0 saturated heterocycles. The van der Waals surface area contributed by atoms with Crippen LogP contribution in [0, 0.1) is 17.0 Å². The number of nitrogens with zero attached hydrogens (tertiary/aromatic N) is 2. The van der Waals surface area contributed by atoms with Gasteiger partial charge in [0.05, 0.1) is 21.9 Å². The monoisotopic (exact) mass is 364 g/mol. The largest absolute Gasteiger partial charge is 0.481 e. The summed E-state index contributed by atoms with van der Waals surface area (Å²) in [5.74, 6) is -1.17. The number of sulfonamides is 1. The van der Waals surface area contributed by atoms with Crippen LogP contribution in [0.25, 0.3) is 0 Å². The maximum atomic E-state index is 12.9. The highest BCUT2D eigenvalue weighted by atomic mass is 32.2. The second-order valence-electron chi connectivity index (χ2n) is 5.31. The number of nitro groups is 1. The summed E-state index contributed by atoms with van der Waals surface area (Å²) in [6.07, 6.45) is -0.437. The van der Waals surface area contributed by atoms with Crippen LogP contribution < -0.4 is 4.31 Å². The van der Waals surface area contributed by atoms with E-state index in [1.807, 2.05) is 0 Å². The number of anilines is 1. The van der Waals surface area contributed by atoms with Gasteiger partial charge in [-0.2, -0.15) is 0 Å². The molecule has 0 saturated carbocycles. The predicted molar refractivity (Wildman–Crippen MR) is 91.1 cm³/mol. The highest BCUT2D eigenvalue weighted by Crippen LogP contribution is 2.27. The van der Waals surface area contributed by atoms with E-state index in [1.165, 1.54) is 30.3 Å². The summed E-state index contributed by atoms with van der Waals surface area (Å²) >= 11 is 0. The fourth-order valence-corrected chi connectivity index (χ4v) is 3.64. The SMILES string of the molecule is Cc1ccc(S(=O)(=O)N(CCC(=O)O)c2cccc([N+](=O)[O-])c2)cc1. The molecule has 0 radical (unpaired) electrons. The number of carboxylic acids is 1. The first kappa shape index (κ1) is 18.4. The molecule has 8 nitrogen and oxygen atoms in total. The summed E-state index contributed by atoms with van der Waals surface area (Å²) in [4.78, 5) is 21.2. The first-order chi connectivity index (χ1) is 11.7. The molecule has 0 aliphatic carbocycles. The molecule has 0 aromatic heterocycles. The zero-order valence-electron chi connectivity index (χ0n) is 13.3. The minimum atomic E-state index is -4.06. The summed E-state index contributed by atoms with van der Waals surface area (Å²) in [5, 5.41) is 19.8. The average Bonchev–Trinajstić information content (AvgIpc) is 2.55. The standard InChI is InChI=1S/C16H16N2O6S/c1-12-5-7-15(8-6-12)25(23,24)17(10-9-16(19)20)13-3-2-4-14(11-13)18(21)22/h2-8,11H,9-10H2,1H3,(H,19,20). The third-order valence-electron chi connectivity index (χ3n) is 3.47. The Hall–Kier alpha value is -2.94. The Morgan fingerprint density at radius 2 is 1.84 bits per heavy atom. The molecule has 1 N–H and O–H groups in total. The number of nitro benzene ring substituents is 1. The molecule has 0 aliphatic rings. The number of hydrogen-bond donors (Lipinski definition) is 1. The van der Waals surface area contributed by atoms with Crippen molar-refractivity contribution >= 4 is 27.4 Å². The lowest BCUT2D eigenvalue weighted by Crippen LogP contribution is -2.33. The minimum Gasteiger partial charge on any atom is -0.481 e. The molecule has 0 amide bonds. The highest BCUT2D eigenvalue weighted by Gasteiger charge is 2.26. The van der Waals surface area contributed by atoms with Crippen LogP contribution in [-0.4, -0.2) is 31.0 Å². The predicted octanol–water partition coefficient (Wildman–Crippen LogP) is 2.57. The number of carboxylic acid groups (broad SMARTS) is 1. The van der Waals surface area contributed by atoms with Crippen molar-refractivity contribution in [2.24, 2.45) is 0 Å². The van der Waals surface area contributed by atoms with Crippen molar-refractivity contribution < 1.29 is 23.2 Å². The fraction of sp³-hybridized carbons (Fsp3) is 0.188. The Bertz CT molecular complexity index is 893. The van der Waals surface area contributed by atoms with E-state index >= 15 is 0 Å². The van der Waals surface area contributed by atoms with Gasteiger partial charge in [0.15, 0.2) is 0 Å². The average molecular weight is 364 g/mol. The van der Waals surface area contributed by atoms with Gasteiger partial charge < -0.3 is 5.11 Å². The molecule has 9 heteroatoms. The van der Waals surface area contributed by atoms with Crippen molar-refractivity contribution in [3.05, 3.63) is 64.2 Å². The molecule has 2 aromatic carbocycles. The van der Waals surface area contributed by atoms with Crippen LogP contribution in [0.4, 0.5) is 11.4 Å². The molecule has 2 aromatic rings. The van der Waals surface area contributed by atoms with E-state index < -0.39 is 27.3 Å². The number of non-ortho nitro benzene ring substituents is 1. The Kier molecular flexibility index (Phi) is 5.38. The lowest BCUT2D eigenvalue weighted by molar-refractivity contribution is -0.384. The van der Waals surface area contributed by atoms with Crippen molar-refractivity contribution in [1.82, 2.24) is 0 Å². The van der Waals surface area contributed by atoms with Crippen LogP contribution in [-0.2, 0) is 14.8 Å². The molecule has 0 aliphatic heterocycles. The topological polar surface area (TPSA) is 118 Å². The van der Waals surface area contributed by atoms with Gasteiger partial charge >= 0.3 is 5.97 Å². The molecule has 0 bridgehead atoms. The van der Waals surface area contributed by atoms with E-state index in [9.17, 15) is 23.3 Å². The zero-order valence-corrected chi connectivity index (χ0v) is 14.1. The van der Waals surface area contributed by atoms with Gasteiger partial charge in [-0.25, -0.2) is 8.42 Å². The molecule has 25 heavy (non-hydrogen) atoms. The Morgan fingerprint density at radius 3 is 2.40 bits per heavy atom. The van der Waals surface area contributed by atoms with E-state index in [-0.39, 0.29) is 22.8 Å². The summed E-state index contributed by atoms with van der Waals surface area (Å²) in [5.41, 5.74) is 0.624. The Balaban J connectivity index is 2.51. The number of aryl methyl sites for hydroxylation is 1. The summed E-state index contributed by atoms with van der Waals surface area (Å²) in [7, 11) is -4.06. The van der Waals surface area contributed by atoms with Gasteiger partial charge in [0, 0.05) is 18.7 Å². The van der Waals surface area contributed by atoms with Crippen molar-refractivity contribution in [1.29, 1.82) is 0 Å². The van der Waals surface area contributed by atoms with Gasteiger partial charge in [-0.3, -0.25) is 19.2 Å². The number of carbonyl (C=O) groups is 1. The molecule has 0 atom stereocenters. The van der Waals surface area contributed by atoms with Crippen molar-refractivity contribution in [2.45, 2.75) is 18.2 Å². The second-order valence-corrected chi connectivity index (χ2v) is 7.17. The quantitative estimate of drug-likeness (QED) is 0.596. The Morgan fingerprint density at radius 1 is 1.20 bits per heavy atom. The lowest BCUT2D eigenvalue weighted by Gasteiger charge is -2.23. The van der Waals surface area contributed by atoms with Crippen molar-refractivity contribution in [3.63, 3.8) is 0 Å². The van der Waals surface area contributed by atoms with Crippen LogP contribution in [0.1, 0.15) is 12.0 Å². The number of aliphatic carboxylic acids is 1. The summed E-state index contributed by atoms with van der Waals surface area (Å²) < 4.78 is 26.7. The third kappa shape index (κ3) is 4.32. The zero-order chi connectivity index (χ0) is 18.6. The molecule has 2 rings (SSSR count). The van der Waals surface area contributed by atoms with E-state index in [0.717, 1.165) is 15.9 Å². The molecule has 0 unspecified atom stereocenters. The maximum Gasteiger partial charge on any atom is 0.305 e. The van der Waals surface area contributed by atoms with Gasteiger partial charge in [0.25, 0.3) is 15.7 Å². The molecule has 0 heterocycles. The van der Waals surface area contributed by atoms with Crippen LogP contribution >= 0.6 is 0 Å². The van der Waals surface area contributed by atoms with Gasteiger partial charge in [-0.1, -0.05) is 23.8 Å². The highest BCUT2D eigenvalue weighted by molar-refractivity contribution is 7.92. The van der Waals surface area contributed by atoms with Gasteiger partial charge in [-0.15, -0.1) is 0 Å². The smallest absolute Gasteiger partial charge is 0.305 e. The van der Waals surface area contributed by atoms with Crippen LogP contribution in [0.5, 0.6) is 0 Å². The lowest BCUT2D eigenvalue weighted by atomic mass is 10.2. The van der Waals surface area contributed by atoms with E-state index in [0.29, 0.717) is 0 Å². The number of hydrogen-bond acceptors (Lipinski definition) is 5. The van der Waals surface area contributed by atoms with Crippen molar-refractivity contribution in [3.8, 4) is 0 Å². The minimum absolute atomic E-state index is 0.0185. The van der Waals surface area contributed by atoms with E-state index in [4.69, 9.17) is 5.11 Å². The second kappa shape index (κ2) is 7.31. The maximum absolute atomic E-state index is 12.9. The van der Waals surface area contributed by atoms with Crippen LogP contribution in [0.2, 0.25) is 0 Å². The van der Waals surface area contributed by atoms with Gasteiger partial charge in [0.2, 0.25) is 0 Å². The van der Waals surface area contributed by atoms with Crippen molar-refractivity contribution in [2.75, 3.05) is 10.8 Å². The normalized spacial score (nSPS) is 11.1. The molecule has 132 valence electrons. The van der Waals surface area contributed by atoms with Gasteiger partial charge in [0.1, 0.15) is 0 Å². The van der Waals surface area contributed by atoms with Crippen LogP contribution in [0.3, 0.4) is 0 Å². The third-order valence-corrected chi connectivity index (χ3v) is 5.31. The molecule has 0 spiro atoms. The number of benzene rings is 2. The first-order valence-electron chi connectivity index (χ1n) is 7.27. The number of rotatable bonds is 7. The molecule has 0 fully saturated rings. The van der Waals surface area contributed by atoms with Gasteiger partial charge in [-0.05, 0) is 25.1 Å². The van der Waals surface area contributed by atoms with E-state index in [2.05, 4.69) is 0 Å². The van der Waals surface area contributed by atoms with E-state index in [1.54, 1.807) is 19.1 Å². The summed E-state index contributed by atoms with van der Waals surface area (Å²) in [6.45, 7) is 1.46. The fourth-order valence-electron chi connectivity index (χ4n) is 2.18. The first-order valence-corrected chi connectivity index (χ1v) is 8.71. The molecular weight excluding hydrogens is 348 g/mol. The summed E-state index contributed by atoms with van der Waals surface area (Å²) in [6, 6.07) is 11.1. The molecular formula is C16H16N2O6S. The Labute approximate surface area is 144 Å².